The third kappa shape index (κ3) is 3.16. The number of nitrogens with one attached hydrogen (secondary N) is 1. The van der Waals surface area contributed by atoms with Crippen molar-refractivity contribution in [3.63, 3.8) is 0 Å². The molecule has 0 aromatic heterocycles. The molecule has 3 amide bonds. The molecule has 1 aromatic rings. The van der Waals surface area contributed by atoms with Gasteiger partial charge in [-0.05, 0) is 59.2 Å². The first-order valence-corrected chi connectivity index (χ1v) is 11.4. The van der Waals surface area contributed by atoms with E-state index in [0.29, 0.717) is 30.2 Å². The normalized spacial score (nSPS) is 25.5. The Morgan fingerprint density at radius 2 is 1.90 bits per heavy atom. The van der Waals surface area contributed by atoms with Gasteiger partial charge in [-0.25, -0.2) is 0 Å². The summed E-state index contributed by atoms with van der Waals surface area (Å²) in [5, 5.41) is 2.92. The number of nitrogens with zero attached hydrogens (tertiary/aromatic N) is 2. The van der Waals surface area contributed by atoms with Crippen molar-refractivity contribution in [3.8, 4) is 5.75 Å². The van der Waals surface area contributed by atoms with E-state index in [-0.39, 0.29) is 29.2 Å². The zero-order valence-corrected chi connectivity index (χ0v) is 19.0. The number of hydrogen-bond donors (Lipinski definition) is 1. The Balaban J connectivity index is 1.46. The van der Waals surface area contributed by atoms with Gasteiger partial charge in [0.2, 0.25) is 11.8 Å². The molecule has 5 rings (SSSR count). The van der Waals surface area contributed by atoms with Gasteiger partial charge in [0.15, 0.2) is 0 Å². The van der Waals surface area contributed by atoms with Crippen molar-refractivity contribution >= 4 is 29.3 Å². The molecule has 4 aliphatic rings. The Morgan fingerprint density at radius 1 is 1.19 bits per heavy atom. The summed E-state index contributed by atoms with van der Waals surface area (Å²) in [7, 11) is 0. The van der Waals surface area contributed by atoms with Crippen molar-refractivity contribution in [3.05, 3.63) is 27.8 Å². The van der Waals surface area contributed by atoms with Gasteiger partial charge in [-0.1, -0.05) is 11.6 Å². The van der Waals surface area contributed by atoms with Gasteiger partial charge in [0, 0.05) is 39.1 Å². The number of amides is 3. The minimum atomic E-state index is -0.641. The highest BCUT2D eigenvalue weighted by atomic mass is 35.5. The standard InChI is InChI=1S/C23H28ClN3O4/c1-22(2,3)26-8-6-23(7-9-26)12-31-19-14-11-27(16-4-5-17(28)25-20(16)29)21(30)13(14)10-15(24)18(19)23/h10,16H,4-9,11-12H2,1-3H3,(H,25,28,29)/t16-/m0/s1. The van der Waals surface area contributed by atoms with Crippen LogP contribution in [0.15, 0.2) is 6.07 Å². The van der Waals surface area contributed by atoms with Crippen LogP contribution in [0.3, 0.4) is 0 Å². The predicted octanol–water partition coefficient (Wildman–Crippen LogP) is 2.63. The maximum Gasteiger partial charge on any atom is 0.255 e. The summed E-state index contributed by atoms with van der Waals surface area (Å²) in [5.74, 6) is -0.190. The number of benzene rings is 1. The molecule has 0 radical (unpaired) electrons. The first-order chi connectivity index (χ1) is 14.6. The number of carbonyl (C=O) groups is 3. The van der Waals surface area contributed by atoms with Crippen LogP contribution in [0.4, 0.5) is 0 Å². The number of halogens is 1. The summed E-state index contributed by atoms with van der Waals surface area (Å²) in [5.41, 5.74) is 2.36. The van der Waals surface area contributed by atoms with E-state index in [4.69, 9.17) is 16.3 Å². The largest absolute Gasteiger partial charge is 0.492 e. The van der Waals surface area contributed by atoms with E-state index in [0.717, 1.165) is 42.8 Å². The van der Waals surface area contributed by atoms with E-state index in [9.17, 15) is 14.4 Å². The number of likely N-dealkylation sites (tertiary alicyclic amines) is 1. The maximum absolute atomic E-state index is 13.1. The monoisotopic (exact) mass is 445 g/mol. The van der Waals surface area contributed by atoms with Crippen LogP contribution in [0.1, 0.15) is 67.9 Å². The van der Waals surface area contributed by atoms with Crippen LogP contribution < -0.4 is 10.1 Å². The number of piperidine rings is 2. The Kier molecular flexibility index (Phi) is 4.65. The van der Waals surface area contributed by atoms with Gasteiger partial charge in [-0.3, -0.25) is 24.6 Å². The van der Waals surface area contributed by atoms with E-state index < -0.39 is 11.9 Å². The van der Waals surface area contributed by atoms with Gasteiger partial charge in [-0.2, -0.15) is 0 Å². The molecule has 8 heteroatoms. The Hall–Kier alpha value is -2.12. The first kappa shape index (κ1) is 20.8. The fourth-order valence-electron chi connectivity index (χ4n) is 5.58. The zero-order valence-electron chi connectivity index (χ0n) is 18.2. The molecule has 31 heavy (non-hydrogen) atoms. The molecule has 166 valence electrons. The molecule has 4 aliphatic heterocycles. The van der Waals surface area contributed by atoms with Crippen LogP contribution in [0.25, 0.3) is 0 Å². The third-order valence-electron chi connectivity index (χ3n) is 7.43. The number of imide groups is 1. The molecule has 2 saturated heterocycles. The fraction of sp³-hybridized carbons (Fsp3) is 0.609. The van der Waals surface area contributed by atoms with E-state index in [2.05, 4.69) is 31.0 Å². The van der Waals surface area contributed by atoms with Gasteiger partial charge in [0.05, 0.1) is 13.2 Å². The second kappa shape index (κ2) is 6.94. The lowest BCUT2D eigenvalue weighted by Crippen LogP contribution is -2.52. The molecule has 7 nitrogen and oxygen atoms in total. The number of rotatable bonds is 1. The predicted molar refractivity (Wildman–Crippen MR) is 115 cm³/mol. The number of hydrogen-bond acceptors (Lipinski definition) is 5. The third-order valence-corrected chi connectivity index (χ3v) is 7.73. The second-order valence-corrected chi connectivity index (χ2v) is 10.6. The van der Waals surface area contributed by atoms with Gasteiger partial charge in [-0.15, -0.1) is 0 Å². The summed E-state index contributed by atoms with van der Waals surface area (Å²) in [6.45, 7) is 9.53. The SMILES string of the molecule is CC(C)(C)N1CCC2(CC1)COc1c3c(cc(Cl)c12)C(=O)N([C@H]1CCC(=O)NC1=O)C3. The van der Waals surface area contributed by atoms with Crippen molar-refractivity contribution in [1.82, 2.24) is 15.1 Å². The smallest absolute Gasteiger partial charge is 0.255 e. The minimum absolute atomic E-state index is 0.125. The van der Waals surface area contributed by atoms with Crippen LogP contribution in [-0.4, -0.2) is 58.8 Å². The van der Waals surface area contributed by atoms with Crippen molar-refractivity contribution < 1.29 is 19.1 Å². The summed E-state index contributed by atoms with van der Waals surface area (Å²) < 4.78 is 6.23. The molecule has 2 fully saturated rings. The second-order valence-electron chi connectivity index (χ2n) is 10.2. The summed E-state index contributed by atoms with van der Waals surface area (Å²) in [6.07, 6.45) is 2.49. The van der Waals surface area contributed by atoms with Gasteiger partial charge < -0.3 is 9.64 Å². The lowest BCUT2D eigenvalue weighted by atomic mass is 9.73. The first-order valence-electron chi connectivity index (χ1n) is 11.0. The van der Waals surface area contributed by atoms with Gasteiger partial charge in [0.25, 0.3) is 5.91 Å². The fourth-order valence-corrected chi connectivity index (χ4v) is 5.97. The van der Waals surface area contributed by atoms with E-state index >= 15 is 0 Å². The van der Waals surface area contributed by atoms with Crippen molar-refractivity contribution in [2.45, 2.75) is 70.0 Å². The highest BCUT2D eigenvalue weighted by Gasteiger charge is 2.49. The molecule has 1 aromatic carbocycles. The van der Waals surface area contributed by atoms with E-state index in [1.54, 1.807) is 11.0 Å². The Bertz CT molecular complexity index is 992. The topological polar surface area (TPSA) is 79.0 Å². The van der Waals surface area contributed by atoms with E-state index in [1.165, 1.54) is 0 Å². The zero-order chi connectivity index (χ0) is 22.1. The van der Waals surface area contributed by atoms with Crippen molar-refractivity contribution in [2.24, 2.45) is 0 Å². The highest BCUT2D eigenvalue weighted by molar-refractivity contribution is 6.32. The summed E-state index contributed by atoms with van der Waals surface area (Å²) in [4.78, 5) is 41.1. The molecule has 0 aliphatic carbocycles. The minimum Gasteiger partial charge on any atom is -0.492 e. The quantitative estimate of drug-likeness (QED) is 0.672. The molecule has 0 bridgehead atoms. The van der Waals surface area contributed by atoms with Crippen molar-refractivity contribution in [1.29, 1.82) is 0 Å². The average molecular weight is 446 g/mol. The van der Waals surface area contributed by atoms with Crippen LogP contribution in [-0.2, 0) is 21.5 Å². The van der Waals surface area contributed by atoms with Crippen LogP contribution in [0.2, 0.25) is 5.02 Å². The van der Waals surface area contributed by atoms with Crippen LogP contribution in [0.5, 0.6) is 5.75 Å². The maximum atomic E-state index is 13.1. The van der Waals surface area contributed by atoms with Crippen molar-refractivity contribution in [2.75, 3.05) is 19.7 Å². The van der Waals surface area contributed by atoms with E-state index in [1.807, 2.05) is 0 Å². The summed E-state index contributed by atoms with van der Waals surface area (Å²) in [6, 6.07) is 1.12. The number of fused-ring (bicyclic) bond motifs is 4. The molecular formula is C23H28ClN3O4. The molecule has 1 N–H and O–H groups in total. The lowest BCUT2D eigenvalue weighted by molar-refractivity contribution is -0.136. The molecule has 1 atom stereocenters. The van der Waals surface area contributed by atoms with Gasteiger partial charge in [0.1, 0.15) is 11.8 Å². The number of carbonyl (C=O) groups excluding carboxylic acids is 3. The molecule has 4 heterocycles. The molecule has 0 unspecified atom stereocenters. The molecule has 1 spiro atoms. The molecular weight excluding hydrogens is 418 g/mol. The summed E-state index contributed by atoms with van der Waals surface area (Å²) >= 11 is 6.76. The van der Waals surface area contributed by atoms with Gasteiger partial charge >= 0.3 is 0 Å². The number of ether oxygens (including phenoxy) is 1. The lowest BCUT2D eigenvalue weighted by Gasteiger charge is -2.44. The van der Waals surface area contributed by atoms with Crippen LogP contribution >= 0.6 is 11.6 Å². The highest BCUT2D eigenvalue weighted by Crippen LogP contribution is 2.53. The Labute approximate surface area is 187 Å². The Morgan fingerprint density at radius 3 is 2.55 bits per heavy atom. The van der Waals surface area contributed by atoms with Crippen LogP contribution in [0, 0.1) is 0 Å². The average Bonchev–Trinajstić information content (AvgIpc) is 3.21. The molecule has 0 saturated carbocycles.